The van der Waals surface area contributed by atoms with Gasteiger partial charge < -0.3 is 14.4 Å². The van der Waals surface area contributed by atoms with Crippen molar-refractivity contribution in [3.63, 3.8) is 0 Å². The first kappa shape index (κ1) is 22.3. The molecule has 30 heavy (non-hydrogen) atoms. The molecular weight excluding hydrogens is 425 g/mol. The number of hydrogen-bond donors (Lipinski definition) is 0. The molecule has 3 heterocycles. The lowest BCUT2D eigenvalue weighted by molar-refractivity contribution is -0.153. The van der Waals surface area contributed by atoms with Gasteiger partial charge in [0, 0.05) is 26.7 Å². The lowest BCUT2D eigenvalue weighted by Gasteiger charge is -2.54. The molecule has 0 aromatic heterocycles. The van der Waals surface area contributed by atoms with Gasteiger partial charge in [0.05, 0.1) is 54.4 Å². The summed E-state index contributed by atoms with van der Waals surface area (Å²) < 4.78 is 11.4. The number of likely N-dealkylation sites (tertiary alicyclic amines) is 1. The normalized spacial score (nSPS) is 28.0. The number of ether oxygens (including phenoxy) is 2. The van der Waals surface area contributed by atoms with E-state index in [9.17, 15) is 4.79 Å². The summed E-state index contributed by atoms with van der Waals surface area (Å²) in [7, 11) is 1.74. The maximum atomic E-state index is 13.4. The van der Waals surface area contributed by atoms with Gasteiger partial charge in [-0.05, 0) is 43.6 Å². The Morgan fingerprint density at radius 2 is 1.87 bits per heavy atom. The Kier molecular flexibility index (Phi) is 7.55. The molecule has 0 aliphatic carbocycles. The summed E-state index contributed by atoms with van der Waals surface area (Å²) in [6.07, 6.45) is 2.78. The minimum absolute atomic E-state index is 0.137. The largest absolute Gasteiger partial charge is 0.383 e. The summed E-state index contributed by atoms with van der Waals surface area (Å²) in [4.78, 5) is 20.5. The van der Waals surface area contributed by atoms with Crippen LogP contribution in [0.3, 0.4) is 0 Å². The van der Waals surface area contributed by atoms with Crippen molar-refractivity contribution < 1.29 is 14.3 Å². The molecule has 1 unspecified atom stereocenters. The van der Waals surface area contributed by atoms with Crippen molar-refractivity contribution in [3.8, 4) is 0 Å². The molecule has 6 nitrogen and oxygen atoms in total. The van der Waals surface area contributed by atoms with E-state index in [-0.39, 0.29) is 24.0 Å². The Morgan fingerprint density at radius 3 is 2.60 bits per heavy atom. The number of nitrogens with zero attached hydrogens (tertiary/aromatic N) is 3. The molecular formula is C22H31Cl2N3O3. The molecule has 3 atom stereocenters. The first-order valence-corrected chi connectivity index (χ1v) is 11.6. The first-order chi connectivity index (χ1) is 14.6. The van der Waals surface area contributed by atoms with E-state index in [0.29, 0.717) is 36.3 Å². The molecule has 8 heteroatoms. The SMILES string of the molecule is COCCN1CCN(C(=O)Cc2ccc(Cl)c(Cl)c2)[C@@H]2C(N3CCCC3)COC[C@H]21. The summed E-state index contributed by atoms with van der Waals surface area (Å²) in [5, 5.41) is 1.00. The highest BCUT2D eigenvalue weighted by molar-refractivity contribution is 6.42. The quantitative estimate of drug-likeness (QED) is 0.659. The maximum absolute atomic E-state index is 13.4. The topological polar surface area (TPSA) is 45.2 Å². The molecule has 3 aliphatic rings. The zero-order chi connectivity index (χ0) is 21.1. The maximum Gasteiger partial charge on any atom is 0.227 e. The zero-order valence-corrected chi connectivity index (χ0v) is 19.1. The number of carbonyl (C=O) groups is 1. The van der Waals surface area contributed by atoms with E-state index in [2.05, 4.69) is 14.7 Å². The molecule has 3 saturated heterocycles. The molecule has 1 aromatic rings. The first-order valence-electron chi connectivity index (χ1n) is 10.9. The number of fused-ring (bicyclic) bond motifs is 1. The van der Waals surface area contributed by atoms with Crippen LogP contribution in [0.4, 0.5) is 0 Å². The van der Waals surface area contributed by atoms with Crippen LogP contribution in [0.2, 0.25) is 10.0 Å². The number of carbonyl (C=O) groups excluding carboxylic acids is 1. The second-order valence-corrected chi connectivity index (χ2v) is 9.26. The van der Waals surface area contributed by atoms with Gasteiger partial charge in [-0.25, -0.2) is 0 Å². The van der Waals surface area contributed by atoms with Crippen LogP contribution < -0.4 is 0 Å². The highest BCUT2D eigenvalue weighted by Crippen LogP contribution is 2.30. The zero-order valence-electron chi connectivity index (χ0n) is 17.6. The molecule has 4 rings (SSSR count). The fourth-order valence-electron chi connectivity index (χ4n) is 5.15. The third kappa shape index (κ3) is 4.79. The monoisotopic (exact) mass is 455 g/mol. The van der Waals surface area contributed by atoms with Crippen molar-refractivity contribution in [2.75, 3.05) is 59.7 Å². The Labute approximate surface area is 189 Å². The van der Waals surface area contributed by atoms with Crippen LogP contribution in [-0.2, 0) is 20.7 Å². The van der Waals surface area contributed by atoms with Crippen LogP contribution in [0.5, 0.6) is 0 Å². The average Bonchev–Trinajstić information content (AvgIpc) is 3.29. The van der Waals surface area contributed by atoms with Gasteiger partial charge in [-0.3, -0.25) is 14.6 Å². The van der Waals surface area contributed by atoms with Gasteiger partial charge in [0.25, 0.3) is 0 Å². The van der Waals surface area contributed by atoms with Gasteiger partial charge in [0.15, 0.2) is 0 Å². The number of amides is 1. The van der Waals surface area contributed by atoms with Gasteiger partial charge in [0.2, 0.25) is 5.91 Å². The Morgan fingerprint density at radius 1 is 1.10 bits per heavy atom. The van der Waals surface area contributed by atoms with Crippen molar-refractivity contribution in [3.05, 3.63) is 33.8 Å². The minimum atomic E-state index is 0.137. The fourth-order valence-corrected chi connectivity index (χ4v) is 5.47. The molecule has 0 radical (unpaired) electrons. The van der Waals surface area contributed by atoms with Crippen molar-refractivity contribution >= 4 is 29.1 Å². The third-order valence-corrected chi connectivity index (χ3v) is 7.41. The van der Waals surface area contributed by atoms with Gasteiger partial charge in [-0.1, -0.05) is 29.3 Å². The van der Waals surface area contributed by atoms with E-state index in [1.165, 1.54) is 12.8 Å². The molecule has 0 N–H and O–H groups in total. The summed E-state index contributed by atoms with van der Waals surface area (Å²) in [6, 6.07) is 6.04. The van der Waals surface area contributed by atoms with Crippen LogP contribution in [-0.4, -0.2) is 98.4 Å². The number of halogens is 2. The molecule has 1 aromatic carbocycles. The van der Waals surface area contributed by atoms with Crippen LogP contribution in [0.1, 0.15) is 18.4 Å². The summed E-state index contributed by atoms with van der Waals surface area (Å²) in [5.41, 5.74) is 0.901. The van der Waals surface area contributed by atoms with Crippen LogP contribution in [0.15, 0.2) is 18.2 Å². The smallest absolute Gasteiger partial charge is 0.227 e. The fraction of sp³-hybridized carbons (Fsp3) is 0.682. The predicted octanol–water partition coefficient (Wildman–Crippen LogP) is 2.56. The Balaban J connectivity index is 1.55. The van der Waals surface area contributed by atoms with Gasteiger partial charge in [-0.2, -0.15) is 0 Å². The highest BCUT2D eigenvalue weighted by atomic mass is 35.5. The van der Waals surface area contributed by atoms with Gasteiger partial charge in [-0.15, -0.1) is 0 Å². The van der Waals surface area contributed by atoms with Gasteiger partial charge >= 0.3 is 0 Å². The standard InChI is InChI=1S/C22H31Cl2N3O3/c1-29-11-10-26-8-9-27(21(28)13-16-4-5-17(23)18(24)12-16)22-19(14-30-15-20(22)26)25-6-2-3-7-25/h4-5,12,19-20,22H,2-3,6-11,13-15H2,1H3/t19?,20-,22-/m1/s1. The summed E-state index contributed by atoms with van der Waals surface area (Å²) in [5.74, 6) is 0.154. The van der Waals surface area contributed by atoms with E-state index in [4.69, 9.17) is 32.7 Å². The Hall–Kier alpha value is -0.890. The molecule has 3 fully saturated rings. The molecule has 0 bridgehead atoms. The van der Waals surface area contributed by atoms with Crippen LogP contribution in [0.25, 0.3) is 0 Å². The average molecular weight is 456 g/mol. The van der Waals surface area contributed by atoms with Gasteiger partial charge in [0.1, 0.15) is 0 Å². The third-order valence-electron chi connectivity index (χ3n) is 6.67. The lowest BCUT2D eigenvalue weighted by Crippen LogP contribution is -2.71. The number of benzene rings is 1. The van der Waals surface area contributed by atoms with E-state index in [1.54, 1.807) is 19.2 Å². The minimum Gasteiger partial charge on any atom is -0.383 e. The van der Waals surface area contributed by atoms with E-state index < -0.39 is 0 Å². The predicted molar refractivity (Wildman–Crippen MR) is 118 cm³/mol. The van der Waals surface area contributed by atoms with Crippen LogP contribution in [0, 0.1) is 0 Å². The molecule has 0 spiro atoms. The lowest BCUT2D eigenvalue weighted by atomic mass is 9.91. The van der Waals surface area contributed by atoms with E-state index >= 15 is 0 Å². The highest BCUT2D eigenvalue weighted by Gasteiger charge is 2.47. The number of piperazine rings is 1. The summed E-state index contributed by atoms with van der Waals surface area (Å²) in [6.45, 7) is 6.65. The van der Waals surface area contributed by atoms with Crippen molar-refractivity contribution in [1.82, 2.24) is 14.7 Å². The second kappa shape index (κ2) is 10.2. The molecule has 1 amide bonds. The number of hydrogen-bond acceptors (Lipinski definition) is 5. The Bertz CT molecular complexity index is 744. The van der Waals surface area contributed by atoms with E-state index in [0.717, 1.165) is 38.3 Å². The van der Waals surface area contributed by atoms with E-state index in [1.807, 2.05) is 6.07 Å². The number of rotatable bonds is 6. The molecule has 0 saturated carbocycles. The number of methoxy groups -OCH3 is 1. The molecule has 166 valence electrons. The second-order valence-electron chi connectivity index (χ2n) is 8.45. The summed E-state index contributed by atoms with van der Waals surface area (Å²) >= 11 is 12.2. The molecule has 3 aliphatic heterocycles. The van der Waals surface area contributed by atoms with Crippen molar-refractivity contribution in [2.45, 2.75) is 37.4 Å². The van der Waals surface area contributed by atoms with Crippen molar-refractivity contribution in [1.29, 1.82) is 0 Å². The van der Waals surface area contributed by atoms with Crippen molar-refractivity contribution in [2.24, 2.45) is 0 Å². The van der Waals surface area contributed by atoms with Crippen LogP contribution >= 0.6 is 23.2 Å².